The van der Waals surface area contributed by atoms with Crippen LogP contribution in [0.1, 0.15) is 5.56 Å². The average molecular weight is 299 g/mol. The van der Waals surface area contributed by atoms with Gasteiger partial charge in [0.25, 0.3) is 10.0 Å². The van der Waals surface area contributed by atoms with Crippen LogP contribution in [-0.4, -0.2) is 43.2 Å². The number of aliphatic hydroxyl groups is 1. The molecule has 1 aromatic carbocycles. The second-order valence-corrected chi connectivity index (χ2v) is 5.90. The van der Waals surface area contributed by atoms with E-state index in [-0.39, 0.29) is 10.9 Å². The van der Waals surface area contributed by atoms with Crippen molar-refractivity contribution >= 4 is 27.6 Å². The third kappa shape index (κ3) is 2.73. The first-order valence-electron chi connectivity index (χ1n) is 5.65. The fraction of sp³-hybridized carbons (Fsp3) is 0.273. The van der Waals surface area contributed by atoms with Crippen molar-refractivity contribution in [1.29, 1.82) is 0 Å². The molecule has 0 aliphatic carbocycles. The van der Waals surface area contributed by atoms with Crippen LogP contribution in [0.15, 0.2) is 28.1 Å². The number of anilines is 1. The van der Waals surface area contributed by atoms with Crippen LogP contribution >= 0.6 is 0 Å². The number of carbonyl (C=O) groups is 1. The highest BCUT2D eigenvalue weighted by Gasteiger charge is 2.28. The van der Waals surface area contributed by atoms with Gasteiger partial charge in [-0.25, -0.2) is 22.9 Å². The Kier molecular flexibility index (Phi) is 3.64. The number of carboxylic acid groups (broad SMARTS) is 1. The smallest absolute Gasteiger partial charge is 0.330 e. The number of aryl methyl sites for hydroxylation is 1. The first kappa shape index (κ1) is 14.3. The van der Waals surface area contributed by atoms with Crippen LogP contribution < -0.4 is 10.0 Å². The SMILES string of the molecule is Cc1ccc2c(c1)S(=O)(=O)NC(=NC(CO)C(=O)O)N2. The van der Waals surface area contributed by atoms with Crippen LogP contribution in [0.25, 0.3) is 0 Å². The number of aliphatic hydroxyl groups excluding tert-OH is 1. The lowest BCUT2D eigenvalue weighted by Crippen LogP contribution is -2.42. The van der Waals surface area contributed by atoms with Crippen LogP contribution in [0.2, 0.25) is 0 Å². The molecule has 108 valence electrons. The van der Waals surface area contributed by atoms with Gasteiger partial charge < -0.3 is 15.5 Å². The van der Waals surface area contributed by atoms with Crippen LogP contribution in [0.5, 0.6) is 0 Å². The second-order valence-electron chi connectivity index (χ2n) is 4.24. The van der Waals surface area contributed by atoms with Crippen LogP contribution in [0.4, 0.5) is 5.69 Å². The molecule has 1 unspecified atom stereocenters. The molecule has 0 amide bonds. The number of nitrogens with one attached hydrogen (secondary N) is 2. The number of aliphatic carboxylic acids is 1. The maximum atomic E-state index is 12.0. The number of carboxylic acids is 1. The van der Waals surface area contributed by atoms with Gasteiger partial charge in [0.15, 0.2) is 6.04 Å². The fourth-order valence-corrected chi connectivity index (χ4v) is 2.90. The Hall–Kier alpha value is -2.13. The predicted molar refractivity (Wildman–Crippen MR) is 71.1 cm³/mol. The number of benzene rings is 1. The Balaban J connectivity index is 2.43. The summed E-state index contributed by atoms with van der Waals surface area (Å²) in [6.45, 7) is 1.02. The molecule has 2 rings (SSSR count). The van der Waals surface area contributed by atoms with Crippen molar-refractivity contribution in [2.45, 2.75) is 17.9 Å². The van der Waals surface area contributed by atoms with Crippen molar-refractivity contribution in [3.63, 3.8) is 0 Å². The van der Waals surface area contributed by atoms with Gasteiger partial charge in [-0.1, -0.05) is 6.07 Å². The van der Waals surface area contributed by atoms with Crippen molar-refractivity contribution in [2.24, 2.45) is 4.99 Å². The zero-order chi connectivity index (χ0) is 14.9. The zero-order valence-electron chi connectivity index (χ0n) is 10.5. The molecule has 1 aliphatic heterocycles. The molecule has 20 heavy (non-hydrogen) atoms. The Morgan fingerprint density at radius 1 is 1.45 bits per heavy atom. The number of hydrogen-bond acceptors (Lipinski definition) is 5. The first-order chi connectivity index (χ1) is 9.33. The molecule has 1 heterocycles. The molecular formula is C11H13N3O5S. The molecule has 1 aromatic rings. The number of sulfonamides is 1. The number of hydrogen-bond donors (Lipinski definition) is 4. The fourth-order valence-electron chi connectivity index (χ4n) is 1.68. The van der Waals surface area contributed by atoms with E-state index in [1.54, 1.807) is 19.1 Å². The molecule has 0 saturated carbocycles. The van der Waals surface area contributed by atoms with Gasteiger partial charge in [0.2, 0.25) is 5.96 Å². The van der Waals surface area contributed by atoms with Crippen LogP contribution in [-0.2, 0) is 14.8 Å². The summed E-state index contributed by atoms with van der Waals surface area (Å²) in [5, 5.41) is 20.4. The number of nitrogens with zero attached hydrogens (tertiary/aromatic N) is 1. The van der Waals surface area contributed by atoms with E-state index in [2.05, 4.69) is 15.0 Å². The number of rotatable bonds is 3. The van der Waals surface area contributed by atoms with E-state index >= 15 is 0 Å². The highest BCUT2D eigenvalue weighted by molar-refractivity contribution is 7.90. The van der Waals surface area contributed by atoms with Crippen molar-refractivity contribution in [3.8, 4) is 0 Å². The summed E-state index contributed by atoms with van der Waals surface area (Å²) in [6, 6.07) is 3.33. The van der Waals surface area contributed by atoms with Crippen molar-refractivity contribution in [1.82, 2.24) is 4.72 Å². The third-order valence-corrected chi connectivity index (χ3v) is 4.03. The van der Waals surface area contributed by atoms with Gasteiger partial charge in [-0.05, 0) is 24.6 Å². The lowest BCUT2D eigenvalue weighted by molar-refractivity contribution is -0.139. The van der Waals surface area contributed by atoms with Gasteiger partial charge in [-0.2, -0.15) is 0 Å². The Labute approximate surface area is 115 Å². The molecule has 9 heteroatoms. The Bertz CT molecular complexity index is 683. The minimum Gasteiger partial charge on any atom is -0.480 e. The quantitative estimate of drug-likeness (QED) is 0.595. The summed E-state index contributed by atoms with van der Waals surface area (Å²) in [5.41, 5.74) is 1.07. The lowest BCUT2D eigenvalue weighted by Gasteiger charge is -2.22. The Morgan fingerprint density at radius 3 is 2.75 bits per heavy atom. The molecule has 0 bridgehead atoms. The summed E-state index contributed by atoms with van der Waals surface area (Å²) in [5.74, 6) is -1.58. The molecule has 4 N–H and O–H groups in total. The molecule has 0 saturated heterocycles. The van der Waals surface area contributed by atoms with Crippen LogP contribution in [0, 0.1) is 6.92 Å². The summed E-state index contributed by atoms with van der Waals surface area (Å²) in [4.78, 5) is 14.5. The highest BCUT2D eigenvalue weighted by Crippen LogP contribution is 2.25. The molecule has 0 aromatic heterocycles. The predicted octanol–water partition coefficient (Wildman–Crippen LogP) is -0.500. The van der Waals surface area contributed by atoms with E-state index < -0.39 is 28.6 Å². The summed E-state index contributed by atoms with van der Waals surface area (Å²) >= 11 is 0. The molecule has 1 aliphatic rings. The normalized spacial score (nSPS) is 19.6. The van der Waals surface area contributed by atoms with Crippen molar-refractivity contribution in [2.75, 3.05) is 11.9 Å². The maximum Gasteiger partial charge on any atom is 0.330 e. The highest BCUT2D eigenvalue weighted by atomic mass is 32.2. The standard InChI is InChI=1S/C11H13N3O5S/c1-6-2-3-7-9(4-6)20(18,19)14-11(12-7)13-8(5-15)10(16)17/h2-4,8,15H,5H2,1H3,(H,16,17)(H2,12,13,14). The first-order valence-corrected chi connectivity index (χ1v) is 7.14. The van der Waals surface area contributed by atoms with E-state index in [1.165, 1.54) is 6.07 Å². The van der Waals surface area contributed by atoms with Gasteiger partial charge in [-0.15, -0.1) is 0 Å². The van der Waals surface area contributed by atoms with Gasteiger partial charge in [0.1, 0.15) is 4.90 Å². The van der Waals surface area contributed by atoms with Crippen molar-refractivity contribution < 1.29 is 23.4 Å². The largest absolute Gasteiger partial charge is 0.480 e. The van der Waals surface area contributed by atoms with E-state index in [9.17, 15) is 13.2 Å². The number of aliphatic imine (C=N–C) groups is 1. The van der Waals surface area contributed by atoms with E-state index in [1.807, 2.05) is 0 Å². The molecule has 8 nitrogen and oxygen atoms in total. The zero-order valence-corrected chi connectivity index (χ0v) is 11.3. The van der Waals surface area contributed by atoms with Gasteiger partial charge in [-0.3, -0.25) is 0 Å². The summed E-state index contributed by atoms with van der Waals surface area (Å²) < 4.78 is 26.2. The number of fused-ring (bicyclic) bond motifs is 1. The lowest BCUT2D eigenvalue weighted by atomic mass is 10.2. The minimum absolute atomic E-state index is 0.0623. The van der Waals surface area contributed by atoms with Gasteiger partial charge in [0, 0.05) is 0 Å². The maximum absolute atomic E-state index is 12.0. The molecule has 1 atom stereocenters. The summed E-state index contributed by atoms with van der Waals surface area (Å²) in [6.07, 6.45) is 0. The minimum atomic E-state index is -3.81. The van der Waals surface area contributed by atoms with E-state index in [4.69, 9.17) is 10.2 Å². The summed E-state index contributed by atoms with van der Waals surface area (Å²) in [7, 11) is -3.81. The molecule has 0 fully saturated rings. The molecule has 0 radical (unpaired) electrons. The number of guanidine groups is 1. The van der Waals surface area contributed by atoms with Crippen molar-refractivity contribution in [3.05, 3.63) is 23.8 Å². The van der Waals surface area contributed by atoms with Gasteiger partial charge in [0.05, 0.1) is 12.3 Å². The topological polar surface area (TPSA) is 128 Å². The van der Waals surface area contributed by atoms with Gasteiger partial charge >= 0.3 is 5.97 Å². The van der Waals surface area contributed by atoms with Crippen LogP contribution in [0.3, 0.4) is 0 Å². The monoisotopic (exact) mass is 299 g/mol. The molecule has 0 spiro atoms. The third-order valence-electron chi connectivity index (χ3n) is 2.65. The second kappa shape index (κ2) is 5.10. The average Bonchev–Trinajstić information content (AvgIpc) is 2.36. The Morgan fingerprint density at radius 2 is 2.15 bits per heavy atom. The van der Waals surface area contributed by atoms with E-state index in [0.29, 0.717) is 5.69 Å². The molecular weight excluding hydrogens is 286 g/mol. The van der Waals surface area contributed by atoms with E-state index in [0.717, 1.165) is 5.56 Å².